The van der Waals surface area contributed by atoms with Gasteiger partial charge in [0.1, 0.15) is 17.5 Å². The molecule has 3 N–H and O–H groups in total. The molecule has 39 heavy (non-hydrogen) atoms. The number of aliphatic hydroxyl groups excluding tert-OH is 2. The Bertz CT molecular complexity index is 1420. The van der Waals surface area contributed by atoms with Crippen molar-refractivity contribution in [1.82, 2.24) is 9.88 Å². The molecular weight excluding hydrogens is 539 g/mol. The van der Waals surface area contributed by atoms with Gasteiger partial charge in [-0.25, -0.2) is 4.79 Å². The number of aromatic amines is 1. The summed E-state index contributed by atoms with van der Waals surface area (Å²) in [6, 6.07) is 13.9. The van der Waals surface area contributed by atoms with Crippen LogP contribution in [0, 0.1) is 5.41 Å². The standard InChI is InChI=1S/C30H32Cl2N2O5/c1-2-30(16-35,17-36)18-38-22-8-3-19(4-9-22)28-27-24(25-15-21(32)7-12-26(25)33-27)13-14-34(28)29(37)39-23-10-5-20(31)6-11-23/h3-6,8-12,15,21,28,33,35-36H,2,7,13-14,16-18H2,1H3/t21?,28-/m0/s1. The van der Waals surface area contributed by atoms with Crippen LogP contribution in [-0.4, -0.2) is 57.9 Å². The van der Waals surface area contributed by atoms with Gasteiger partial charge >= 0.3 is 6.09 Å². The highest BCUT2D eigenvalue weighted by molar-refractivity contribution is 6.30. The molecular formula is C30H32Cl2N2O5. The number of ether oxygens (including phenoxy) is 2. The third-order valence-corrected chi connectivity index (χ3v) is 8.26. The van der Waals surface area contributed by atoms with E-state index in [-0.39, 0.29) is 25.2 Å². The second-order valence-electron chi connectivity index (χ2n) is 10.2. The van der Waals surface area contributed by atoms with Crippen molar-refractivity contribution in [3.05, 3.63) is 80.9 Å². The van der Waals surface area contributed by atoms with E-state index in [1.165, 1.54) is 0 Å². The molecule has 1 aliphatic heterocycles. The Morgan fingerprint density at radius 1 is 1.10 bits per heavy atom. The second kappa shape index (κ2) is 11.6. The Morgan fingerprint density at radius 3 is 2.46 bits per heavy atom. The molecule has 0 bridgehead atoms. The van der Waals surface area contributed by atoms with Gasteiger partial charge in [-0.3, -0.25) is 4.90 Å². The number of carbonyl (C=O) groups excluding carboxylic acids is 1. The van der Waals surface area contributed by atoms with E-state index in [0.29, 0.717) is 35.9 Å². The molecule has 0 saturated heterocycles. The molecule has 2 aromatic carbocycles. The molecule has 0 fully saturated rings. The Labute approximate surface area is 237 Å². The first-order chi connectivity index (χ1) is 18.9. The van der Waals surface area contributed by atoms with Gasteiger partial charge in [0.25, 0.3) is 0 Å². The number of benzene rings is 2. The summed E-state index contributed by atoms with van der Waals surface area (Å²) in [5.41, 5.74) is 2.29. The number of aliphatic hydroxyl groups is 2. The van der Waals surface area contributed by atoms with Crippen LogP contribution in [0.5, 0.6) is 11.5 Å². The first kappa shape index (κ1) is 27.6. The zero-order valence-corrected chi connectivity index (χ0v) is 23.2. The van der Waals surface area contributed by atoms with Crippen LogP contribution in [0.1, 0.15) is 42.6 Å². The number of carbonyl (C=O) groups is 1. The fraction of sp³-hybridized carbons (Fsp3) is 0.367. The number of alkyl halides is 1. The maximum Gasteiger partial charge on any atom is 0.416 e. The first-order valence-electron chi connectivity index (χ1n) is 13.1. The number of amides is 1. The van der Waals surface area contributed by atoms with Crippen LogP contribution in [0.2, 0.25) is 5.02 Å². The molecule has 2 aliphatic rings. The van der Waals surface area contributed by atoms with Crippen LogP contribution in [0.15, 0.2) is 48.5 Å². The van der Waals surface area contributed by atoms with Gasteiger partial charge in [-0.15, -0.1) is 11.6 Å². The molecule has 1 aromatic heterocycles. The van der Waals surface area contributed by atoms with Gasteiger partial charge in [-0.1, -0.05) is 42.8 Å². The lowest BCUT2D eigenvalue weighted by atomic mass is 9.88. The molecule has 0 spiro atoms. The smallest absolute Gasteiger partial charge is 0.416 e. The van der Waals surface area contributed by atoms with Crippen LogP contribution in [0.4, 0.5) is 4.79 Å². The molecule has 0 saturated carbocycles. The number of halogens is 2. The summed E-state index contributed by atoms with van der Waals surface area (Å²) in [7, 11) is 0. The monoisotopic (exact) mass is 570 g/mol. The Kier molecular flexibility index (Phi) is 8.24. The summed E-state index contributed by atoms with van der Waals surface area (Å²) < 4.78 is 11.7. The number of fused-ring (bicyclic) bond motifs is 3. The highest BCUT2D eigenvalue weighted by Crippen LogP contribution is 2.35. The minimum absolute atomic E-state index is 0.0618. The van der Waals surface area contributed by atoms with Crippen molar-refractivity contribution in [3.63, 3.8) is 0 Å². The van der Waals surface area contributed by atoms with Crippen molar-refractivity contribution in [2.45, 2.75) is 37.6 Å². The maximum absolute atomic E-state index is 13.5. The van der Waals surface area contributed by atoms with Crippen LogP contribution >= 0.6 is 23.2 Å². The van der Waals surface area contributed by atoms with Crippen LogP contribution in [0.25, 0.3) is 12.2 Å². The largest absolute Gasteiger partial charge is 0.493 e. The number of nitrogens with zero attached hydrogens (tertiary/aromatic N) is 1. The summed E-state index contributed by atoms with van der Waals surface area (Å²) in [4.78, 5) is 18.8. The Hall–Kier alpha value is -2.97. The molecule has 1 unspecified atom stereocenters. The summed E-state index contributed by atoms with van der Waals surface area (Å²) in [6.07, 6.45) is 5.74. The fourth-order valence-corrected chi connectivity index (χ4v) is 5.44. The lowest BCUT2D eigenvalue weighted by Crippen LogP contribution is -2.43. The average Bonchev–Trinajstić information content (AvgIpc) is 3.33. The van der Waals surface area contributed by atoms with Gasteiger partial charge in [-0.05, 0) is 66.8 Å². The summed E-state index contributed by atoms with van der Waals surface area (Å²) in [6.45, 7) is 2.25. The number of nitrogens with one attached hydrogen (secondary N) is 1. The lowest BCUT2D eigenvalue weighted by Gasteiger charge is -2.35. The van der Waals surface area contributed by atoms with Crippen molar-refractivity contribution >= 4 is 41.4 Å². The SMILES string of the molecule is CCC(CO)(CO)COc1ccc([C@H]2c3[nH]c4c(c3CCN2C(=O)Oc2ccc(Cl)cc2)=CC(Cl)CC=4)cc1. The molecule has 206 valence electrons. The van der Waals surface area contributed by atoms with E-state index in [0.717, 1.165) is 33.8 Å². The van der Waals surface area contributed by atoms with Crippen molar-refractivity contribution in [1.29, 1.82) is 0 Å². The summed E-state index contributed by atoms with van der Waals surface area (Å²) >= 11 is 12.4. The molecule has 9 heteroatoms. The third-order valence-electron chi connectivity index (χ3n) is 7.71. The Morgan fingerprint density at radius 2 is 1.79 bits per heavy atom. The molecule has 0 radical (unpaired) electrons. The van der Waals surface area contributed by atoms with Crippen molar-refractivity contribution < 1.29 is 24.5 Å². The van der Waals surface area contributed by atoms with Crippen molar-refractivity contribution in [3.8, 4) is 11.5 Å². The Balaban J connectivity index is 1.47. The predicted molar refractivity (Wildman–Crippen MR) is 152 cm³/mol. The number of H-pyrrole nitrogens is 1. The first-order valence-corrected chi connectivity index (χ1v) is 13.9. The van der Waals surface area contributed by atoms with Crippen molar-refractivity contribution in [2.24, 2.45) is 5.41 Å². The van der Waals surface area contributed by atoms with E-state index >= 15 is 0 Å². The summed E-state index contributed by atoms with van der Waals surface area (Å²) in [5, 5.41) is 22.1. The average molecular weight is 572 g/mol. The van der Waals surface area contributed by atoms with Crippen molar-refractivity contribution in [2.75, 3.05) is 26.4 Å². The zero-order valence-electron chi connectivity index (χ0n) is 21.7. The number of hydrogen-bond acceptors (Lipinski definition) is 5. The van der Waals surface area contributed by atoms with Gasteiger partial charge in [0.05, 0.1) is 30.6 Å². The number of hydrogen-bond donors (Lipinski definition) is 3. The minimum Gasteiger partial charge on any atom is -0.493 e. The fourth-order valence-electron chi connectivity index (χ4n) is 5.10. The lowest BCUT2D eigenvalue weighted by molar-refractivity contribution is 0.0114. The van der Waals surface area contributed by atoms with Crippen LogP contribution < -0.4 is 20.0 Å². The predicted octanol–water partition coefficient (Wildman–Crippen LogP) is 4.15. The quantitative estimate of drug-likeness (QED) is 0.354. The molecule has 2 heterocycles. The van der Waals surface area contributed by atoms with Gasteiger partial charge in [0.2, 0.25) is 0 Å². The normalized spacial score (nSPS) is 18.4. The van der Waals surface area contributed by atoms with E-state index in [2.05, 4.69) is 17.1 Å². The zero-order chi connectivity index (χ0) is 27.6. The highest BCUT2D eigenvalue weighted by Gasteiger charge is 2.36. The van der Waals surface area contributed by atoms with E-state index in [4.69, 9.17) is 32.7 Å². The van der Waals surface area contributed by atoms with Gasteiger partial charge < -0.3 is 24.7 Å². The number of aromatic nitrogens is 1. The molecule has 2 atom stereocenters. The number of rotatable bonds is 8. The minimum atomic E-state index is -0.699. The van der Waals surface area contributed by atoms with Gasteiger partial charge in [-0.2, -0.15) is 0 Å². The third kappa shape index (κ3) is 5.68. The van der Waals surface area contributed by atoms with Gasteiger partial charge in [0.15, 0.2) is 0 Å². The van der Waals surface area contributed by atoms with E-state index in [1.54, 1.807) is 29.2 Å². The van der Waals surface area contributed by atoms with Crippen LogP contribution in [0.3, 0.4) is 0 Å². The molecule has 1 amide bonds. The van der Waals surface area contributed by atoms with E-state index in [1.807, 2.05) is 31.2 Å². The highest BCUT2D eigenvalue weighted by atomic mass is 35.5. The van der Waals surface area contributed by atoms with E-state index < -0.39 is 17.6 Å². The second-order valence-corrected chi connectivity index (χ2v) is 11.2. The molecule has 3 aromatic rings. The topological polar surface area (TPSA) is 95.0 Å². The summed E-state index contributed by atoms with van der Waals surface area (Å²) in [5.74, 6) is 1.03. The molecule has 7 nitrogen and oxygen atoms in total. The van der Waals surface area contributed by atoms with E-state index in [9.17, 15) is 15.0 Å². The molecule has 1 aliphatic carbocycles. The molecule has 5 rings (SSSR count). The van der Waals surface area contributed by atoms with Crippen LogP contribution in [-0.2, 0) is 6.42 Å². The maximum atomic E-state index is 13.5. The van der Waals surface area contributed by atoms with Gasteiger partial charge in [0, 0.05) is 27.8 Å².